The van der Waals surface area contributed by atoms with E-state index in [0.29, 0.717) is 23.3 Å². The van der Waals surface area contributed by atoms with Gasteiger partial charge in [0.1, 0.15) is 0 Å². The summed E-state index contributed by atoms with van der Waals surface area (Å²) in [7, 11) is -3.49. The van der Waals surface area contributed by atoms with Gasteiger partial charge in [-0.15, -0.1) is 0 Å². The molecule has 5 nitrogen and oxygen atoms in total. The van der Waals surface area contributed by atoms with Gasteiger partial charge in [0.05, 0.1) is 5.75 Å². The number of hydrogen-bond acceptors (Lipinski definition) is 4. The van der Waals surface area contributed by atoms with Crippen molar-refractivity contribution in [1.82, 2.24) is 0 Å². The average Bonchev–Trinajstić information content (AvgIpc) is 2.94. The highest BCUT2D eigenvalue weighted by molar-refractivity contribution is 7.89. The minimum absolute atomic E-state index is 0.0926. The molecule has 0 aliphatic heterocycles. The first-order valence-electron chi connectivity index (χ1n) is 13.3. The molecule has 0 amide bonds. The molecule has 3 N–H and O–H groups in total. The highest BCUT2D eigenvalue weighted by atomic mass is 32.2. The topological polar surface area (TPSA) is 97.5 Å². The van der Waals surface area contributed by atoms with Crippen molar-refractivity contribution in [3.63, 3.8) is 0 Å². The Morgan fingerprint density at radius 2 is 1.77 bits per heavy atom. The molecule has 0 radical (unpaired) electrons. The number of carbonyl (C=O) groups excluding carboxylic acids is 1. The second-order valence-corrected chi connectivity index (χ2v) is 14.9. The van der Waals surface area contributed by atoms with Gasteiger partial charge in [0.25, 0.3) is 0 Å². The first kappa shape index (κ1) is 25.0. The van der Waals surface area contributed by atoms with Crippen LogP contribution in [0.2, 0.25) is 0 Å². The van der Waals surface area contributed by atoms with Gasteiger partial charge in [0.2, 0.25) is 15.8 Å². The van der Waals surface area contributed by atoms with Crippen LogP contribution in [0.3, 0.4) is 0 Å². The number of fused-ring (bicyclic) bond motifs is 8. The molecule has 5 aliphatic rings. The summed E-state index contributed by atoms with van der Waals surface area (Å²) in [5.41, 5.74) is 4.29. The number of aliphatic hydroxyl groups excluding tert-OH is 1. The number of primary sulfonamides is 1. The summed E-state index contributed by atoms with van der Waals surface area (Å²) in [6, 6.07) is 0. The fourth-order valence-electron chi connectivity index (χ4n) is 8.94. The molecule has 0 aromatic rings. The average molecular weight is 500 g/mol. The van der Waals surface area contributed by atoms with Gasteiger partial charge in [-0.2, -0.15) is 0 Å². The van der Waals surface area contributed by atoms with Crippen LogP contribution in [0.1, 0.15) is 79.6 Å². The molecule has 0 heterocycles. The Balaban J connectivity index is 1.53. The van der Waals surface area contributed by atoms with Crippen molar-refractivity contribution < 1.29 is 18.3 Å². The number of allylic oxidation sites excluding steroid dienone is 7. The van der Waals surface area contributed by atoms with E-state index in [1.807, 2.05) is 6.92 Å². The standard InChI is InChI=1S/C29H41NO4S/c1-17-12-25-27(3,15-20(17)16-35(30,33)34)9-8-19-14-28(25,4)10-11-29(5)22(19)7-6-21-18(2)26(32)24(31)13-23(21)29/h6-7,13,17,19-20,25,32H,8-12,14-16H2,1-5H3,(H2,30,33,34)/t17-,19-,20?,25-,27+,28-,29-/m1/s1. The highest BCUT2D eigenvalue weighted by Crippen LogP contribution is 2.66. The molecule has 192 valence electrons. The zero-order valence-corrected chi connectivity index (χ0v) is 22.7. The molecule has 3 fully saturated rings. The molecular formula is C29H41NO4S. The minimum Gasteiger partial charge on any atom is -0.504 e. The third-order valence-electron chi connectivity index (χ3n) is 10.9. The highest BCUT2D eigenvalue weighted by Gasteiger charge is 2.57. The predicted molar refractivity (Wildman–Crippen MR) is 139 cm³/mol. The SMILES string of the molecule is CC1=C(O)C(=O)C=C2C1=CC=C1[C@@H]3CC[C@@]4(C)CC(CS(N)(=O)=O)[C@H](C)C[C@H]4[C@](C)(CC[C@@]21C)C3. The zero-order chi connectivity index (χ0) is 25.6. The Morgan fingerprint density at radius 3 is 2.46 bits per heavy atom. The molecule has 5 rings (SSSR count). The van der Waals surface area contributed by atoms with Crippen molar-refractivity contribution in [2.24, 2.45) is 45.1 Å². The Morgan fingerprint density at radius 1 is 1.09 bits per heavy atom. The van der Waals surface area contributed by atoms with Crippen molar-refractivity contribution >= 4 is 15.8 Å². The third kappa shape index (κ3) is 3.90. The van der Waals surface area contributed by atoms with Gasteiger partial charge in [0.15, 0.2) is 5.76 Å². The van der Waals surface area contributed by atoms with Crippen LogP contribution in [0.25, 0.3) is 0 Å². The van der Waals surface area contributed by atoms with Crippen molar-refractivity contribution in [2.75, 3.05) is 5.75 Å². The van der Waals surface area contributed by atoms with Crippen LogP contribution in [0.5, 0.6) is 0 Å². The number of sulfonamides is 1. The molecular weight excluding hydrogens is 458 g/mol. The smallest absolute Gasteiger partial charge is 0.220 e. The molecule has 1 unspecified atom stereocenters. The summed E-state index contributed by atoms with van der Waals surface area (Å²) >= 11 is 0. The first-order valence-corrected chi connectivity index (χ1v) is 15.0. The van der Waals surface area contributed by atoms with E-state index in [1.54, 1.807) is 6.08 Å². The molecule has 5 aliphatic carbocycles. The summed E-state index contributed by atoms with van der Waals surface area (Å²) in [6.07, 6.45) is 13.5. The van der Waals surface area contributed by atoms with E-state index < -0.39 is 10.0 Å². The Labute approximate surface area is 210 Å². The van der Waals surface area contributed by atoms with Crippen molar-refractivity contribution in [2.45, 2.75) is 79.6 Å². The van der Waals surface area contributed by atoms with Crippen LogP contribution in [-0.4, -0.2) is 25.1 Å². The summed E-state index contributed by atoms with van der Waals surface area (Å²) in [5, 5.41) is 15.8. The largest absolute Gasteiger partial charge is 0.504 e. The predicted octanol–water partition coefficient (Wildman–Crippen LogP) is 5.76. The second kappa shape index (κ2) is 7.92. The maximum atomic E-state index is 12.6. The minimum atomic E-state index is -3.49. The number of hydrogen-bond donors (Lipinski definition) is 2. The molecule has 0 aromatic carbocycles. The van der Waals surface area contributed by atoms with Crippen molar-refractivity contribution in [3.8, 4) is 0 Å². The van der Waals surface area contributed by atoms with Crippen LogP contribution >= 0.6 is 0 Å². The molecule has 0 spiro atoms. The lowest BCUT2D eigenvalue weighted by Crippen LogP contribution is -2.47. The van der Waals surface area contributed by atoms with Gasteiger partial charge in [-0.3, -0.25) is 4.79 Å². The Bertz CT molecular complexity index is 1210. The van der Waals surface area contributed by atoms with E-state index in [1.165, 1.54) is 5.57 Å². The zero-order valence-electron chi connectivity index (χ0n) is 21.9. The molecule has 35 heavy (non-hydrogen) atoms. The summed E-state index contributed by atoms with van der Waals surface area (Å²) in [5.74, 6) is 1.13. The van der Waals surface area contributed by atoms with E-state index in [2.05, 4.69) is 39.8 Å². The van der Waals surface area contributed by atoms with Crippen molar-refractivity contribution in [3.05, 3.63) is 46.3 Å². The van der Waals surface area contributed by atoms with Crippen molar-refractivity contribution in [1.29, 1.82) is 0 Å². The van der Waals surface area contributed by atoms with Crippen LogP contribution in [0.15, 0.2) is 46.3 Å². The molecule has 0 saturated heterocycles. The number of carbonyl (C=O) groups is 1. The van der Waals surface area contributed by atoms with E-state index in [4.69, 9.17) is 5.14 Å². The van der Waals surface area contributed by atoms with E-state index in [-0.39, 0.29) is 39.5 Å². The van der Waals surface area contributed by atoms with Crippen LogP contribution in [-0.2, 0) is 14.8 Å². The number of rotatable bonds is 2. The Kier molecular flexibility index (Phi) is 5.66. The summed E-state index contributed by atoms with van der Waals surface area (Å²) in [6.45, 7) is 11.3. The van der Waals surface area contributed by atoms with Gasteiger partial charge < -0.3 is 5.11 Å². The quantitative estimate of drug-likeness (QED) is 0.505. The van der Waals surface area contributed by atoms with E-state index in [0.717, 1.165) is 56.1 Å². The second-order valence-electron chi connectivity index (χ2n) is 13.2. The fourth-order valence-corrected chi connectivity index (χ4v) is 9.99. The van der Waals surface area contributed by atoms with E-state index in [9.17, 15) is 18.3 Å². The monoisotopic (exact) mass is 499 g/mol. The fraction of sp³-hybridized carbons (Fsp3) is 0.690. The van der Waals surface area contributed by atoms with Gasteiger partial charge in [0, 0.05) is 11.0 Å². The van der Waals surface area contributed by atoms with Gasteiger partial charge in [-0.1, -0.05) is 45.4 Å². The molecule has 6 heteroatoms. The maximum absolute atomic E-state index is 12.6. The van der Waals surface area contributed by atoms with E-state index >= 15 is 0 Å². The molecule has 7 atom stereocenters. The summed E-state index contributed by atoms with van der Waals surface area (Å²) < 4.78 is 23.9. The molecule has 3 saturated carbocycles. The maximum Gasteiger partial charge on any atom is 0.220 e. The lowest BCUT2D eigenvalue weighted by molar-refractivity contribution is -0.113. The third-order valence-corrected chi connectivity index (χ3v) is 11.8. The van der Waals surface area contributed by atoms with Crippen LogP contribution in [0.4, 0.5) is 0 Å². The van der Waals surface area contributed by atoms with Crippen LogP contribution in [0, 0.1) is 39.9 Å². The Hall–Kier alpha value is -1.66. The molecule has 0 aromatic heterocycles. The normalized spacial score (nSPS) is 43.6. The first-order chi connectivity index (χ1) is 16.2. The molecule has 2 bridgehead atoms. The number of aliphatic hydroxyl groups is 1. The van der Waals surface area contributed by atoms with Crippen LogP contribution < -0.4 is 5.14 Å². The van der Waals surface area contributed by atoms with Gasteiger partial charge in [-0.05, 0) is 104 Å². The lowest BCUT2D eigenvalue weighted by atomic mass is 9.51. The van der Waals surface area contributed by atoms with Gasteiger partial charge >= 0.3 is 0 Å². The lowest BCUT2D eigenvalue weighted by Gasteiger charge is -2.54. The van der Waals surface area contributed by atoms with Gasteiger partial charge in [-0.25, -0.2) is 13.6 Å². The number of ketones is 1. The summed E-state index contributed by atoms with van der Waals surface area (Å²) in [4.78, 5) is 12.6. The number of nitrogens with two attached hydrogens (primary N) is 1.